The minimum atomic E-state index is -0.451. The third-order valence-electron chi connectivity index (χ3n) is 2.97. The second-order valence-electron chi connectivity index (χ2n) is 4.55. The minimum absolute atomic E-state index is 0.0943. The summed E-state index contributed by atoms with van der Waals surface area (Å²) in [4.78, 5) is 16.7. The van der Waals surface area contributed by atoms with Gasteiger partial charge in [0.25, 0.3) is 5.89 Å². The standard InChI is InChI=1S/C15H10Br2N2O4S/c1-21-9-4-2-3-8(5-9)14-18-12(23-19-14)7-22-15(20)11-6-10(16)13(17)24-11/h2-6H,7H2,1H3. The Morgan fingerprint density at radius 2 is 2.17 bits per heavy atom. The molecule has 24 heavy (non-hydrogen) atoms. The van der Waals surface area contributed by atoms with Gasteiger partial charge in [-0.05, 0) is 50.1 Å². The lowest BCUT2D eigenvalue weighted by Gasteiger charge is -2.00. The molecule has 0 N–H and O–H groups in total. The predicted molar refractivity (Wildman–Crippen MR) is 95.1 cm³/mol. The molecule has 0 fully saturated rings. The second kappa shape index (κ2) is 7.45. The van der Waals surface area contributed by atoms with E-state index in [0.717, 1.165) is 13.8 Å². The number of methoxy groups -OCH3 is 1. The number of hydrogen-bond acceptors (Lipinski definition) is 7. The minimum Gasteiger partial charge on any atom is -0.497 e. The molecule has 0 aliphatic heterocycles. The van der Waals surface area contributed by atoms with Crippen molar-refractivity contribution in [2.75, 3.05) is 7.11 Å². The Bertz CT molecular complexity index is 858. The van der Waals surface area contributed by atoms with Gasteiger partial charge in [0.15, 0.2) is 6.61 Å². The summed E-state index contributed by atoms with van der Waals surface area (Å²) in [6.07, 6.45) is 0. The molecule has 3 aromatic rings. The lowest BCUT2D eigenvalue weighted by Crippen LogP contribution is -2.03. The van der Waals surface area contributed by atoms with E-state index in [-0.39, 0.29) is 12.5 Å². The molecule has 3 rings (SSSR count). The first kappa shape index (κ1) is 17.1. The third kappa shape index (κ3) is 3.85. The Kier molecular flexibility index (Phi) is 5.32. The Balaban J connectivity index is 1.66. The van der Waals surface area contributed by atoms with Gasteiger partial charge in [0.1, 0.15) is 10.6 Å². The Labute approximate surface area is 158 Å². The van der Waals surface area contributed by atoms with Crippen LogP contribution in [0.5, 0.6) is 5.75 Å². The van der Waals surface area contributed by atoms with E-state index in [4.69, 9.17) is 14.0 Å². The first-order valence-corrected chi connectivity index (χ1v) is 9.06. The molecule has 0 aliphatic carbocycles. The molecule has 0 bridgehead atoms. The first-order chi connectivity index (χ1) is 11.6. The van der Waals surface area contributed by atoms with Crippen molar-refractivity contribution in [1.82, 2.24) is 10.1 Å². The number of ether oxygens (including phenoxy) is 2. The topological polar surface area (TPSA) is 74.5 Å². The lowest BCUT2D eigenvalue weighted by molar-refractivity contribution is 0.0435. The largest absolute Gasteiger partial charge is 0.497 e. The highest BCUT2D eigenvalue weighted by molar-refractivity contribution is 9.13. The van der Waals surface area contributed by atoms with Crippen LogP contribution in [0.3, 0.4) is 0 Å². The number of nitrogens with zero attached hydrogens (tertiary/aromatic N) is 2. The molecule has 6 nitrogen and oxygen atoms in total. The highest BCUT2D eigenvalue weighted by Gasteiger charge is 2.16. The van der Waals surface area contributed by atoms with Crippen molar-refractivity contribution < 1.29 is 18.8 Å². The molecule has 0 saturated carbocycles. The fourth-order valence-corrected chi connectivity index (χ4v) is 3.77. The number of carbonyl (C=O) groups excluding carboxylic acids is 1. The van der Waals surface area contributed by atoms with Crippen LogP contribution in [0.15, 0.2) is 43.1 Å². The van der Waals surface area contributed by atoms with Gasteiger partial charge in [0, 0.05) is 10.0 Å². The van der Waals surface area contributed by atoms with E-state index in [0.29, 0.717) is 16.5 Å². The van der Waals surface area contributed by atoms with Gasteiger partial charge in [-0.3, -0.25) is 0 Å². The molecule has 124 valence electrons. The van der Waals surface area contributed by atoms with Gasteiger partial charge < -0.3 is 14.0 Å². The van der Waals surface area contributed by atoms with Crippen LogP contribution >= 0.6 is 43.2 Å². The number of esters is 1. The van der Waals surface area contributed by atoms with E-state index in [2.05, 4.69) is 42.0 Å². The first-order valence-electron chi connectivity index (χ1n) is 6.66. The van der Waals surface area contributed by atoms with Crippen molar-refractivity contribution in [1.29, 1.82) is 0 Å². The molecule has 1 aromatic carbocycles. The Morgan fingerprint density at radius 1 is 1.33 bits per heavy atom. The number of halogens is 2. The summed E-state index contributed by atoms with van der Waals surface area (Å²) in [5.74, 6) is 0.865. The monoisotopic (exact) mass is 472 g/mol. The highest BCUT2D eigenvalue weighted by atomic mass is 79.9. The van der Waals surface area contributed by atoms with E-state index in [1.54, 1.807) is 19.2 Å². The summed E-state index contributed by atoms with van der Waals surface area (Å²) in [6.45, 7) is -0.0943. The van der Waals surface area contributed by atoms with Gasteiger partial charge in [-0.15, -0.1) is 11.3 Å². The van der Waals surface area contributed by atoms with Crippen LogP contribution in [-0.2, 0) is 11.3 Å². The molecule has 0 spiro atoms. The Morgan fingerprint density at radius 3 is 2.88 bits per heavy atom. The van der Waals surface area contributed by atoms with Gasteiger partial charge in [0.2, 0.25) is 5.82 Å². The quantitative estimate of drug-likeness (QED) is 0.500. The van der Waals surface area contributed by atoms with E-state index in [9.17, 15) is 4.79 Å². The zero-order valence-corrected chi connectivity index (χ0v) is 16.3. The van der Waals surface area contributed by atoms with Crippen molar-refractivity contribution in [2.45, 2.75) is 6.61 Å². The van der Waals surface area contributed by atoms with Gasteiger partial charge in [-0.25, -0.2) is 4.79 Å². The molecule has 2 aromatic heterocycles. The van der Waals surface area contributed by atoms with Crippen LogP contribution in [0, 0.1) is 0 Å². The van der Waals surface area contributed by atoms with Crippen molar-refractivity contribution in [3.05, 3.63) is 49.4 Å². The average Bonchev–Trinajstić information content (AvgIpc) is 3.20. The number of aromatic nitrogens is 2. The van der Waals surface area contributed by atoms with Crippen molar-refractivity contribution in [3.63, 3.8) is 0 Å². The van der Waals surface area contributed by atoms with Crippen LogP contribution in [0.2, 0.25) is 0 Å². The van der Waals surface area contributed by atoms with E-state index < -0.39 is 5.97 Å². The maximum Gasteiger partial charge on any atom is 0.348 e. The fourth-order valence-electron chi connectivity index (χ4n) is 1.84. The van der Waals surface area contributed by atoms with Crippen LogP contribution in [-0.4, -0.2) is 23.2 Å². The summed E-state index contributed by atoms with van der Waals surface area (Å²) in [6, 6.07) is 8.97. The van der Waals surface area contributed by atoms with Gasteiger partial charge in [0.05, 0.1) is 10.9 Å². The number of rotatable bonds is 5. The predicted octanol–water partition coefficient (Wildman–Crippen LogP) is 4.69. The molecule has 2 heterocycles. The van der Waals surface area contributed by atoms with Gasteiger partial charge >= 0.3 is 5.97 Å². The zero-order chi connectivity index (χ0) is 17.1. The maximum absolute atomic E-state index is 12.0. The van der Waals surface area contributed by atoms with Crippen molar-refractivity contribution >= 4 is 49.2 Å². The summed E-state index contributed by atoms with van der Waals surface area (Å²) in [5.41, 5.74) is 0.752. The summed E-state index contributed by atoms with van der Waals surface area (Å²) < 4.78 is 17.1. The molecule has 0 unspecified atom stereocenters. The lowest BCUT2D eigenvalue weighted by atomic mass is 10.2. The number of benzene rings is 1. The molecule has 0 amide bonds. The summed E-state index contributed by atoms with van der Waals surface area (Å²) in [5, 5.41) is 3.89. The highest BCUT2D eigenvalue weighted by Crippen LogP contribution is 2.32. The van der Waals surface area contributed by atoms with Crippen molar-refractivity contribution in [2.24, 2.45) is 0 Å². The Hall–Kier alpha value is -1.71. The van der Waals surface area contributed by atoms with Gasteiger partial charge in [-0.2, -0.15) is 4.98 Å². The normalized spacial score (nSPS) is 10.6. The fraction of sp³-hybridized carbons (Fsp3) is 0.133. The van der Waals surface area contributed by atoms with E-state index in [1.165, 1.54) is 11.3 Å². The van der Waals surface area contributed by atoms with E-state index in [1.807, 2.05) is 18.2 Å². The zero-order valence-electron chi connectivity index (χ0n) is 12.3. The average molecular weight is 474 g/mol. The SMILES string of the molecule is COc1cccc(-c2noc(COC(=O)c3cc(Br)c(Br)s3)n2)c1. The van der Waals surface area contributed by atoms with E-state index >= 15 is 0 Å². The molecule has 0 saturated heterocycles. The summed E-state index contributed by atoms with van der Waals surface area (Å²) >= 11 is 7.94. The number of hydrogen-bond donors (Lipinski definition) is 0. The smallest absolute Gasteiger partial charge is 0.348 e. The summed E-state index contributed by atoms with van der Waals surface area (Å²) in [7, 11) is 1.58. The van der Waals surface area contributed by atoms with Gasteiger partial charge in [-0.1, -0.05) is 17.3 Å². The molecule has 9 heteroatoms. The van der Waals surface area contributed by atoms with Crippen LogP contribution in [0.25, 0.3) is 11.4 Å². The molecule has 0 atom stereocenters. The van der Waals surface area contributed by atoms with Crippen LogP contribution < -0.4 is 4.74 Å². The maximum atomic E-state index is 12.0. The molecule has 0 aliphatic rings. The van der Waals surface area contributed by atoms with Crippen molar-refractivity contribution in [3.8, 4) is 17.1 Å². The number of thiophene rings is 1. The molecular formula is C15H10Br2N2O4S. The second-order valence-corrected chi connectivity index (χ2v) is 7.78. The van der Waals surface area contributed by atoms with Crippen LogP contribution in [0.4, 0.5) is 0 Å². The molecule has 0 radical (unpaired) electrons. The number of carbonyl (C=O) groups is 1. The third-order valence-corrected chi connectivity index (χ3v) is 6.21. The van der Waals surface area contributed by atoms with Crippen LogP contribution in [0.1, 0.15) is 15.6 Å². The molecular weight excluding hydrogens is 464 g/mol.